The average molecular weight is 505 g/mol. The quantitative estimate of drug-likeness (QED) is 0.340. The number of ether oxygens (including phenoxy) is 2. The molecular formula is C25H25FN8O3. The Bertz CT molecular complexity index is 1570. The topological polar surface area (TPSA) is 116 Å². The highest BCUT2D eigenvalue weighted by molar-refractivity contribution is 5.77. The van der Waals surface area contributed by atoms with E-state index in [1.807, 2.05) is 13.2 Å². The second-order valence-electron chi connectivity index (χ2n) is 8.41. The minimum absolute atomic E-state index is 0.00494. The Morgan fingerprint density at radius 2 is 1.78 bits per heavy atom. The van der Waals surface area contributed by atoms with Crippen molar-refractivity contribution >= 4 is 22.7 Å². The number of aryl methyl sites for hydroxylation is 2. The van der Waals surface area contributed by atoms with Crippen LogP contribution in [0.3, 0.4) is 0 Å². The Balaban J connectivity index is 1.63. The molecule has 190 valence electrons. The Hall–Kier alpha value is -4.58. The number of hydrogen-bond donors (Lipinski definition) is 1. The van der Waals surface area contributed by atoms with Gasteiger partial charge in [-0.3, -0.25) is 14.3 Å². The summed E-state index contributed by atoms with van der Waals surface area (Å²) in [5.41, 5.74) is 2.99. The zero-order valence-corrected chi connectivity index (χ0v) is 20.7. The fraction of sp³-hybridized carbons (Fsp3) is 0.240. The van der Waals surface area contributed by atoms with Crippen LogP contribution in [0.15, 0.2) is 55.2 Å². The largest absolute Gasteiger partial charge is 0.497 e. The third kappa shape index (κ3) is 4.78. The molecule has 0 amide bonds. The maximum Gasteiger partial charge on any atom is 0.188 e. The van der Waals surface area contributed by atoms with Gasteiger partial charge in [0.15, 0.2) is 17.2 Å². The summed E-state index contributed by atoms with van der Waals surface area (Å²) in [6.07, 6.45) is 7.42. The summed E-state index contributed by atoms with van der Waals surface area (Å²) in [6.45, 7) is -0.0346. The van der Waals surface area contributed by atoms with Crippen LogP contribution in [0.4, 0.5) is 15.9 Å². The van der Waals surface area contributed by atoms with Gasteiger partial charge >= 0.3 is 0 Å². The molecule has 0 aliphatic heterocycles. The highest BCUT2D eigenvalue weighted by Crippen LogP contribution is 2.37. The summed E-state index contributed by atoms with van der Waals surface area (Å²) >= 11 is 0. The Labute approximate surface area is 211 Å². The number of benzene rings is 1. The molecule has 37 heavy (non-hydrogen) atoms. The lowest BCUT2D eigenvalue weighted by Crippen LogP contribution is -2.26. The molecule has 0 aliphatic carbocycles. The van der Waals surface area contributed by atoms with E-state index >= 15 is 4.39 Å². The molecule has 1 atom stereocenters. The van der Waals surface area contributed by atoms with Crippen LogP contribution in [0.25, 0.3) is 22.4 Å². The summed E-state index contributed by atoms with van der Waals surface area (Å²) in [4.78, 5) is 15.4. The maximum atomic E-state index is 15.6. The van der Waals surface area contributed by atoms with Crippen molar-refractivity contribution in [3.8, 4) is 22.8 Å². The van der Waals surface area contributed by atoms with Crippen molar-refractivity contribution < 1.29 is 19.0 Å². The number of halogens is 1. The number of aromatic nitrogens is 7. The molecule has 0 saturated carbocycles. The van der Waals surface area contributed by atoms with E-state index in [9.17, 15) is 5.11 Å². The molecule has 4 heterocycles. The molecule has 11 nitrogen and oxygen atoms in total. The van der Waals surface area contributed by atoms with Gasteiger partial charge in [-0.05, 0) is 12.1 Å². The van der Waals surface area contributed by atoms with E-state index in [1.165, 1.54) is 26.4 Å². The molecule has 0 fully saturated rings. The molecule has 0 spiro atoms. The van der Waals surface area contributed by atoms with Gasteiger partial charge in [0.1, 0.15) is 17.1 Å². The average Bonchev–Trinajstić information content (AvgIpc) is 3.55. The van der Waals surface area contributed by atoms with Gasteiger partial charge in [0.2, 0.25) is 0 Å². The first-order valence-electron chi connectivity index (χ1n) is 11.3. The maximum absolute atomic E-state index is 15.6. The van der Waals surface area contributed by atoms with Crippen molar-refractivity contribution in [1.82, 2.24) is 34.5 Å². The molecule has 0 aliphatic rings. The van der Waals surface area contributed by atoms with Crippen molar-refractivity contribution in [1.29, 1.82) is 0 Å². The lowest BCUT2D eigenvalue weighted by atomic mass is 10.1. The van der Waals surface area contributed by atoms with Crippen LogP contribution in [0.1, 0.15) is 11.7 Å². The molecule has 4 aromatic heterocycles. The first-order valence-corrected chi connectivity index (χ1v) is 11.3. The van der Waals surface area contributed by atoms with E-state index < -0.39 is 11.9 Å². The van der Waals surface area contributed by atoms with E-state index in [0.717, 1.165) is 5.56 Å². The zero-order chi connectivity index (χ0) is 26.1. The fourth-order valence-electron chi connectivity index (χ4n) is 3.96. The van der Waals surface area contributed by atoms with Gasteiger partial charge in [0.05, 0.1) is 56.8 Å². The van der Waals surface area contributed by atoms with Gasteiger partial charge in [0, 0.05) is 49.7 Å². The summed E-state index contributed by atoms with van der Waals surface area (Å²) < 4.78 is 29.5. The lowest BCUT2D eigenvalue weighted by molar-refractivity contribution is 0.186. The van der Waals surface area contributed by atoms with Crippen molar-refractivity contribution in [2.75, 3.05) is 25.7 Å². The molecular weight excluding hydrogens is 479 g/mol. The Morgan fingerprint density at radius 1 is 1.00 bits per heavy atom. The Morgan fingerprint density at radius 3 is 2.46 bits per heavy atom. The summed E-state index contributed by atoms with van der Waals surface area (Å²) in [7, 11) is 6.43. The molecule has 0 radical (unpaired) electrons. The van der Waals surface area contributed by atoms with Gasteiger partial charge in [0.25, 0.3) is 0 Å². The second kappa shape index (κ2) is 9.82. The zero-order valence-electron chi connectivity index (χ0n) is 20.7. The normalized spacial score (nSPS) is 12.1. The van der Waals surface area contributed by atoms with E-state index in [-0.39, 0.29) is 18.0 Å². The lowest BCUT2D eigenvalue weighted by Gasteiger charge is -2.27. The van der Waals surface area contributed by atoms with Crippen LogP contribution >= 0.6 is 0 Å². The number of pyridine rings is 1. The third-order valence-corrected chi connectivity index (χ3v) is 5.87. The molecule has 0 saturated heterocycles. The van der Waals surface area contributed by atoms with Crippen LogP contribution < -0.4 is 14.4 Å². The molecule has 1 N–H and O–H groups in total. The first kappa shape index (κ1) is 24.1. The minimum Gasteiger partial charge on any atom is -0.497 e. The third-order valence-electron chi connectivity index (χ3n) is 5.87. The van der Waals surface area contributed by atoms with Crippen LogP contribution in [-0.4, -0.2) is 60.4 Å². The summed E-state index contributed by atoms with van der Waals surface area (Å²) in [5, 5.41) is 19.3. The minimum atomic E-state index is -1.00. The van der Waals surface area contributed by atoms with Crippen LogP contribution in [0.5, 0.6) is 11.5 Å². The van der Waals surface area contributed by atoms with Gasteiger partial charge in [-0.1, -0.05) is 0 Å². The smallest absolute Gasteiger partial charge is 0.188 e. The predicted octanol–water partition coefficient (Wildman–Crippen LogP) is 3.19. The number of hydrogen-bond acceptors (Lipinski definition) is 9. The molecule has 1 unspecified atom stereocenters. The van der Waals surface area contributed by atoms with Crippen molar-refractivity contribution in [3.05, 3.63) is 66.6 Å². The molecule has 0 bridgehead atoms. The summed E-state index contributed by atoms with van der Waals surface area (Å²) in [6, 6.07) is 6.42. The Kier molecular flexibility index (Phi) is 6.40. The molecule has 5 rings (SSSR count). The summed E-state index contributed by atoms with van der Waals surface area (Å²) in [5.74, 6) is 0.101. The van der Waals surface area contributed by atoms with Gasteiger partial charge in [-0.2, -0.15) is 10.2 Å². The van der Waals surface area contributed by atoms with E-state index in [0.29, 0.717) is 34.0 Å². The van der Waals surface area contributed by atoms with Gasteiger partial charge in [-0.15, -0.1) is 0 Å². The predicted molar refractivity (Wildman–Crippen MR) is 134 cm³/mol. The van der Waals surface area contributed by atoms with Gasteiger partial charge < -0.3 is 19.5 Å². The monoisotopic (exact) mass is 504 g/mol. The number of aliphatic hydroxyl groups is 1. The van der Waals surface area contributed by atoms with Crippen LogP contribution in [0, 0.1) is 5.82 Å². The highest BCUT2D eigenvalue weighted by atomic mass is 19.1. The van der Waals surface area contributed by atoms with Crippen LogP contribution in [0.2, 0.25) is 0 Å². The standard InChI is InChI=1S/C25H25FN8O3/c1-32-12-15(9-28-32)19-11-27-18-5-6-23(31-25(18)30-19)34(14-21(35)16-10-29-33(2)13-16)20-7-17(36-3)8-22(37-4)24(20)26/h5-13,21,35H,14H2,1-4H3. The van der Waals surface area contributed by atoms with Crippen molar-refractivity contribution in [3.63, 3.8) is 0 Å². The SMILES string of the molecule is COc1cc(OC)c(F)c(N(CC(O)c2cnn(C)c2)c2ccc3ncc(-c4cnn(C)c4)nc3n2)c1. The van der Waals surface area contributed by atoms with E-state index in [2.05, 4.69) is 20.2 Å². The molecule has 1 aromatic carbocycles. The number of fused-ring (bicyclic) bond motifs is 1. The van der Waals surface area contributed by atoms with Crippen molar-refractivity contribution in [2.24, 2.45) is 14.1 Å². The fourth-order valence-corrected chi connectivity index (χ4v) is 3.96. The first-order chi connectivity index (χ1) is 17.9. The number of rotatable bonds is 8. The number of nitrogens with zero attached hydrogens (tertiary/aromatic N) is 8. The number of methoxy groups -OCH3 is 2. The number of aliphatic hydroxyl groups excluding tert-OH is 1. The van der Waals surface area contributed by atoms with Crippen molar-refractivity contribution in [2.45, 2.75) is 6.10 Å². The van der Waals surface area contributed by atoms with Crippen LogP contribution in [-0.2, 0) is 14.1 Å². The van der Waals surface area contributed by atoms with E-state index in [1.54, 1.807) is 58.2 Å². The van der Waals surface area contributed by atoms with Gasteiger partial charge in [-0.25, -0.2) is 14.4 Å². The molecule has 5 aromatic rings. The number of anilines is 2. The second-order valence-corrected chi connectivity index (χ2v) is 8.41. The highest BCUT2D eigenvalue weighted by Gasteiger charge is 2.24. The van der Waals surface area contributed by atoms with E-state index in [4.69, 9.17) is 14.5 Å². The molecule has 12 heteroatoms.